The first kappa shape index (κ1) is 29.5. The van der Waals surface area contributed by atoms with Crippen LogP contribution in [0.1, 0.15) is 43.5 Å². The first-order chi connectivity index (χ1) is 20.8. The maximum Gasteiger partial charge on any atom is 0.338 e. The topological polar surface area (TPSA) is 105 Å². The molecule has 0 N–H and O–H groups in total. The van der Waals surface area contributed by atoms with E-state index >= 15 is 0 Å². The number of thiazole rings is 1. The molecule has 0 bridgehead atoms. The molecule has 2 heterocycles. The molecule has 0 unspecified atom stereocenters. The van der Waals surface area contributed by atoms with Gasteiger partial charge < -0.3 is 18.9 Å². The third kappa shape index (κ3) is 6.14. The van der Waals surface area contributed by atoms with Crippen molar-refractivity contribution in [2.75, 3.05) is 20.3 Å². The number of nitrogens with zero attached hydrogens (tertiary/aromatic N) is 2. The highest BCUT2D eigenvalue weighted by Crippen LogP contribution is 2.36. The number of esters is 2. The summed E-state index contributed by atoms with van der Waals surface area (Å²) in [7, 11) is 1.57. The number of fused-ring (bicyclic) bond motifs is 1. The number of hydrogen-bond donors (Lipinski definition) is 0. The van der Waals surface area contributed by atoms with Crippen LogP contribution in [0.2, 0.25) is 0 Å². The molecule has 0 fully saturated rings. The Balaban J connectivity index is 1.75. The highest BCUT2D eigenvalue weighted by atomic mass is 32.1. The van der Waals surface area contributed by atoms with Gasteiger partial charge in [0.2, 0.25) is 0 Å². The van der Waals surface area contributed by atoms with Gasteiger partial charge in [0.15, 0.2) is 16.3 Å². The highest BCUT2D eigenvalue weighted by molar-refractivity contribution is 7.07. The lowest BCUT2D eigenvalue weighted by atomic mass is 9.93. The number of aromatic nitrogens is 1. The highest BCUT2D eigenvalue weighted by Gasteiger charge is 2.35. The molecular weight excluding hydrogens is 568 g/mol. The van der Waals surface area contributed by atoms with Gasteiger partial charge in [-0.25, -0.2) is 9.79 Å². The minimum atomic E-state index is -0.802. The smallest absolute Gasteiger partial charge is 0.338 e. The SMILES string of the molecule is CCOC(=O)C1=C(c2ccccc2)N=c2s/c(=C\c3ccc(OC(C)=O)c(OCC)c3)c(=O)n2[C@@H]1c1ccc(OC)cc1. The molecule has 0 aliphatic carbocycles. The van der Waals surface area contributed by atoms with Gasteiger partial charge in [0.25, 0.3) is 5.56 Å². The third-order valence-electron chi connectivity index (χ3n) is 6.62. The Hall–Kier alpha value is -4.96. The molecule has 9 nitrogen and oxygen atoms in total. The van der Waals surface area contributed by atoms with Crippen molar-refractivity contribution >= 4 is 35.0 Å². The summed E-state index contributed by atoms with van der Waals surface area (Å²) in [5, 5.41) is 0. The van der Waals surface area contributed by atoms with Crippen LogP contribution < -0.4 is 29.1 Å². The van der Waals surface area contributed by atoms with Gasteiger partial charge >= 0.3 is 11.9 Å². The lowest BCUT2D eigenvalue weighted by Gasteiger charge is -2.26. The summed E-state index contributed by atoms with van der Waals surface area (Å²) >= 11 is 1.21. The lowest BCUT2D eigenvalue weighted by Crippen LogP contribution is -2.40. The van der Waals surface area contributed by atoms with Crippen LogP contribution in [0.3, 0.4) is 0 Å². The number of methoxy groups -OCH3 is 1. The van der Waals surface area contributed by atoms with Gasteiger partial charge in [-0.15, -0.1) is 0 Å². The molecule has 43 heavy (non-hydrogen) atoms. The first-order valence-electron chi connectivity index (χ1n) is 13.7. The Morgan fingerprint density at radius 1 is 0.977 bits per heavy atom. The molecule has 10 heteroatoms. The molecule has 220 valence electrons. The van der Waals surface area contributed by atoms with E-state index in [0.29, 0.717) is 50.0 Å². The second kappa shape index (κ2) is 12.9. The van der Waals surface area contributed by atoms with Gasteiger partial charge in [-0.05, 0) is 55.3 Å². The fraction of sp³-hybridized carbons (Fsp3) is 0.212. The van der Waals surface area contributed by atoms with Crippen LogP contribution in [0, 0.1) is 0 Å². The summed E-state index contributed by atoms with van der Waals surface area (Å²) in [5.74, 6) is 0.295. The summed E-state index contributed by atoms with van der Waals surface area (Å²) in [4.78, 5) is 44.5. The van der Waals surface area contributed by atoms with Crippen molar-refractivity contribution in [3.63, 3.8) is 0 Å². The number of hydrogen-bond acceptors (Lipinski definition) is 9. The fourth-order valence-electron chi connectivity index (χ4n) is 4.82. The van der Waals surface area contributed by atoms with Crippen LogP contribution in [0.25, 0.3) is 11.8 Å². The predicted molar refractivity (Wildman–Crippen MR) is 163 cm³/mol. The molecule has 5 rings (SSSR count). The Labute approximate surface area is 252 Å². The molecule has 0 saturated carbocycles. The molecule has 0 radical (unpaired) electrons. The van der Waals surface area contributed by atoms with Gasteiger partial charge in [-0.1, -0.05) is 59.9 Å². The number of benzene rings is 3. The second-order valence-electron chi connectivity index (χ2n) is 9.44. The van der Waals surface area contributed by atoms with E-state index in [0.717, 1.165) is 5.56 Å². The quantitative estimate of drug-likeness (QED) is 0.209. The molecule has 0 spiro atoms. The number of rotatable bonds is 9. The molecule has 0 saturated heterocycles. The molecule has 3 aromatic carbocycles. The average molecular weight is 599 g/mol. The van der Waals surface area contributed by atoms with Gasteiger partial charge in [0.1, 0.15) is 5.75 Å². The summed E-state index contributed by atoms with van der Waals surface area (Å²) in [6.07, 6.45) is 1.73. The van der Waals surface area contributed by atoms with Crippen LogP contribution in [0.5, 0.6) is 17.2 Å². The average Bonchev–Trinajstić information content (AvgIpc) is 3.32. The van der Waals surface area contributed by atoms with Crippen molar-refractivity contribution in [2.45, 2.75) is 26.8 Å². The van der Waals surface area contributed by atoms with Crippen molar-refractivity contribution < 1.29 is 28.5 Å². The van der Waals surface area contributed by atoms with Gasteiger partial charge in [0.05, 0.1) is 42.2 Å². The number of ether oxygens (including phenoxy) is 4. The molecule has 4 aromatic rings. The Kier molecular flexibility index (Phi) is 8.87. The number of carbonyl (C=O) groups excluding carboxylic acids is 2. The van der Waals surface area contributed by atoms with E-state index in [9.17, 15) is 14.4 Å². The van der Waals surface area contributed by atoms with E-state index in [-0.39, 0.29) is 17.7 Å². The Bertz CT molecular complexity index is 1870. The predicted octanol–water partition coefficient (Wildman–Crippen LogP) is 4.27. The molecular formula is C33H30N2O7S. The van der Waals surface area contributed by atoms with Crippen LogP contribution >= 0.6 is 11.3 Å². The van der Waals surface area contributed by atoms with Crippen LogP contribution in [0.15, 0.2) is 88.2 Å². The molecule has 1 aromatic heterocycles. The van der Waals surface area contributed by atoms with Crippen molar-refractivity contribution in [1.82, 2.24) is 4.57 Å². The third-order valence-corrected chi connectivity index (χ3v) is 7.61. The summed E-state index contributed by atoms with van der Waals surface area (Å²) in [5.41, 5.74) is 2.48. The zero-order chi connectivity index (χ0) is 30.5. The minimum absolute atomic E-state index is 0.162. The lowest BCUT2D eigenvalue weighted by molar-refractivity contribution is -0.139. The maximum absolute atomic E-state index is 14.1. The van der Waals surface area contributed by atoms with Crippen molar-refractivity contribution in [3.8, 4) is 17.2 Å². The standard InChI is InChI=1S/C33H30N2O7S/c1-5-40-26-18-21(12-17-25(26)42-20(3)36)19-27-31(37)35-30(23-13-15-24(39-4)16-14-23)28(32(38)41-6-2)29(34-33(35)43-27)22-10-8-7-9-11-22/h7-19,30H,5-6H2,1-4H3/b27-19-/t30-/m1/s1. The molecule has 1 atom stereocenters. The maximum atomic E-state index is 14.1. The van der Waals surface area contributed by atoms with Crippen molar-refractivity contribution in [1.29, 1.82) is 0 Å². The Morgan fingerprint density at radius 2 is 1.72 bits per heavy atom. The van der Waals surface area contributed by atoms with Crippen molar-refractivity contribution in [2.24, 2.45) is 4.99 Å². The van der Waals surface area contributed by atoms with Crippen LogP contribution in [-0.4, -0.2) is 36.8 Å². The first-order valence-corrected chi connectivity index (χ1v) is 14.5. The monoisotopic (exact) mass is 598 g/mol. The van der Waals surface area contributed by atoms with E-state index in [1.807, 2.05) is 49.4 Å². The van der Waals surface area contributed by atoms with Gasteiger partial charge in [-0.3, -0.25) is 14.2 Å². The Morgan fingerprint density at radius 3 is 2.37 bits per heavy atom. The zero-order valence-electron chi connectivity index (χ0n) is 24.2. The zero-order valence-corrected chi connectivity index (χ0v) is 25.0. The van der Waals surface area contributed by atoms with Crippen LogP contribution in [0.4, 0.5) is 0 Å². The van der Waals surface area contributed by atoms with Crippen molar-refractivity contribution in [3.05, 3.63) is 115 Å². The fourth-order valence-corrected chi connectivity index (χ4v) is 5.82. The molecule has 1 aliphatic heterocycles. The normalized spacial score (nSPS) is 14.5. The van der Waals surface area contributed by atoms with Gasteiger partial charge in [-0.2, -0.15) is 0 Å². The van der Waals surface area contributed by atoms with E-state index in [1.165, 1.54) is 22.8 Å². The molecule has 1 aliphatic rings. The summed E-state index contributed by atoms with van der Waals surface area (Å²) < 4.78 is 23.7. The van der Waals surface area contributed by atoms with Crippen LogP contribution in [-0.2, 0) is 14.3 Å². The van der Waals surface area contributed by atoms with E-state index < -0.39 is 18.0 Å². The molecule has 0 amide bonds. The van der Waals surface area contributed by atoms with E-state index in [1.54, 1.807) is 50.4 Å². The van der Waals surface area contributed by atoms with Gasteiger partial charge in [0, 0.05) is 12.5 Å². The summed E-state index contributed by atoms with van der Waals surface area (Å²) in [6, 6.07) is 20.9. The van der Waals surface area contributed by atoms with E-state index in [4.69, 9.17) is 23.9 Å². The minimum Gasteiger partial charge on any atom is -0.497 e. The number of carbonyl (C=O) groups is 2. The summed E-state index contributed by atoms with van der Waals surface area (Å²) in [6.45, 7) is 5.41. The largest absolute Gasteiger partial charge is 0.497 e. The van der Waals surface area contributed by atoms with E-state index in [2.05, 4.69) is 0 Å². The second-order valence-corrected chi connectivity index (χ2v) is 10.4.